The van der Waals surface area contributed by atoms with Gasteiger partial charge in [0.2, 0.25) is 0 Å². The zero-order valence-corrected chi connectivity index (χ0v) is 25.6. The van der Waals surface area contributed by atoms with Crippen LogP contribution in [0.1, 0.15) is 52.0 Å². The van der Waals surface area contributed by atoms with Crippen molar-refractivity contribution in [2.45, 2.75) is 34.8 Å². The fourth-order valence-electron chi connectivity index (χ4n) is 6.54. The first-order valence-corrected chi connectivity index (χ1v) is 17.4. The Morgan fingerprint density at radius 1 is 0.523 bits per heavy atom. The normalized spacial score (nSPS) is 17.5. The molecule has 0 unspecified atom stereocenters. The highest BCUT2D eigenvalue weighted by atomic mass is 32.2. The van der Waals surface area contributed by atoms with Crippen molar-refractivity contribution in [2.75, 3.05) is 0 Å². The summed E-state index contributed by atoms with van der Waals surface area (Å²) in [5.41, 5.74) is 2.69. The molecule has 1 fully saturated rings. The van der Waals surface area contributed by atoms with Crippen LogP contribution in [0, 0.1) is 0 Å². The second-order valence-electron chi connectivity index (χ2n) is 10.7. The Balaban J connectivity index is 0.000000426. The van der Waals surface area contributed by atoms with Crippen molar-refractivity contribution in [2.24, 2.45) is 0 Å². The molecular weight excluding hydrogens is 600 g/mol. The lowest BCUT2D eigenvalue weighted by Gasteiger charge is -2.40. The topological polar surface area (TPSA) is 57.2 Å². The fourth-order valence-corrected chi connectivity index (χ4v) is 11.6. The molecule has 0 N–H and O–H groups in total. The fraction of sp³-hybridized carbons (Fsp3) is 0.167. The van der Waals surface area contributed by atoms with Crippen molar-refractivity contribution in [1.29, 1.82) is 0 Å². The number of alkyl halides is 3. The van der Waals surface area contributed by atoms with E-state index in [1.165, 1.54) is 40.7 Å². The predicted octanol–water partition coefficient (Wildman–Crippen LogP) is 9.52. The number of hydrogen-bond acceptors (Lipinski definition) is 3. The van der Waals surface area contributed by atoms with Crippen LogP contribution in [0.3, 0.4) is 0 Å². The number of benzene rings is 5. The molecule has 0 radical (unpaired) electrons. The van der Waals surface area contributed by atoms with Gasteiger partial charge in [0.15, 0.2) is 15.3 Å². The lowest BCUT2D eigenvalue weighted by molar-refractivity contribution is -0.0517. The maximum absolute atomic E-state index is 10.7. The van der Waals surface area contributed by atoms with Gasteiger partial charge in [0.25, 0.3) is 0 Å². The molecule has 0 amide bonds. The summed E-state index contributed by atoms with van der Waals surface area (Å²) in [6, 6.07) is 56.7. The first-order valence-electron chi connectivity index (χ1n) is 14.3. The molecule has 1 aliphatic rings. The molecule has 5 aromatic rings. The maximum Gasteiger partial charge on any atom is 0.485 e. The molecule has 3 nitrogen and oxygen atoms in total. The minimum atomic E-state index is -6.09. The number of rotatable bonds is 6. The predicted molar refractivity (Wildman–Crippen MR) is 171 cm³/mol. The van der Waals surface area contributed by atoms with E-state index in [0.29, 0.717) is 11.3 Å². The third-order valence-corrected chi connectivity index (χ3v) is 13.3. The zero-order chi connectivity index (χ0) is 31.2. The monoisotopic (exact) mass is 632 g/mol. The third-order valence-electron chi connectivity index (χ3n) is 8.24. The van der Waals surface area contributed by atoms with Crippen molar-refractivity contribution in [3.8, 4) is 0 Å². The molecular formula is C36H32F3O3PS. The summed E-state index contributed by atoms with van der Waals surface area (Å²) in [5, 5.41) is -0.189. The summed E-state index contributed by atoms with van der Waals surface area (Å²) in [7, 11) is -7.24. The van der Waals surface area contributed by atoms with Gasteiger partial charge in [0.05, 0.1) is 11.3 Å². The Bertz CT molecular complexity index is 1580. The van der Waals surface area contributed by atoms with Crippen molar-refractivity contribution in [3.05, 3.63) is 179 Å². The van der Waals surface area contributed by atoms with E-state index < -0.39 is 23.5 Å². The van der Waals surface area contributed by atoms with Crippen LogP contribution < -0.4 is 0 Å². The molecule has 6 rings (SSSR count). The summed E-state index contributed by atoms with van der Waals surface area (Å²) in [5.74, 6) is 0. The molecule has 0 spiro atoms. The van der Waals surface area contributed by atoms with Crippen LogP contribution >= 0.6 is 7.92 Å². The van der Waals surface area contributed by atoms with Gasteiger partial charge in [-0.25, -0.2) is 8.42 Å². The summed E-state index contributed by atoms with van der Waals surface area (Å²) >= 11 is 0. The molecule has 0 saturated carbocycles. The van der Waals surface area contributed by atoms with E-state index in [2.05, 4.69) is 152 Å². The van der Waals surface area contributed by atoms with E-state index in [4.69, 9.17) is 13.0 Å². The Hall–Kier alpha value is -3.77. The Kier molecular flexibility index (Phi) is 9.69. The van der Waals surface area contributed by atoms with Gasteiger partial charge in [-0.2, -0.15) is 13.2 Å². The van der Waals surface area contributed by atoms with Crippen LogP contribution in [0.25, 0.3) is 0 Å². The standard InChI is InChI=1S/C35H31P.CHF3O3S/c1-6-16-28(17-7-1)33-26-27-34(29-18-8-2-9-19-29)36(33)35(30-20-10-3-11-21-30,31-22-12-4-13-23-31)32-24-14-5-15-25-32;2-1(3,4)8(5,6)7/h1-25,33-34H,26-27H2;(H,5,6,7)/t33-,34-;/m0./s1. The Labute approximate surface area is 257 Å². The highest BCUT2D eigenvalue weighted by Crippen LogP contribution is 2.81. The van der Waals surface area contributed by atoms with E-state index in [1.54, 1.807) is 0 Å². The van der Waals surface area contributed by atoms with Gasteiger partial charge in [-0.05, 0) is 24.0 Å². The minimum Gasteiger partial charge on any atom is -0.741 e. The van der Waals surface area contributed by atoms with Crippen LogP contribution in [-0.4, -0.2) is 18.5 Å². The van der Waals surface area contributed by atoms with Gasteiger partial charge in [-0.15, -0.1) is 0 Å². The van der Waals surface area contributed by atoms with Crippen molar-refractivity contribution < 1.29 is 26.1 Å². The number of halogens is 3. The molecule has 1 aliphatic heterocycles. The second-order valence-corrected chi connectivity index (χ2v) is 15.1. The molecule has 8 heteroatoms. The van der Waals surface area contributed by atoms with Crippen molar-refractivity contribution >= 4 is 18.0 Å². The van der Waals surface area contributed by atoms with Crippen LogP contribution in [-0.2, 0) is 15.3 Å². The molecule has 5 aromatic carbocycles. The van der Waals surface area contributed by atoms with E-state index in [-0.39, 0.29) is 5.16 Å². The second kappa shape index (κ2) is 13.5. The van der Waals surface area contributed by atoms with E-state index in [0.717, 1.165) is 0 Å². The molecule has 1 heterocycles. The van der Waals surface area contributed by atoms with E-state index in [9.17, 15) is 13.2 Å². The van der Waals surface area contributed by atoms with Crippen LogP contribution in [0.15, 0.2) is 152 Å². The Morgan fingerprint density at radius 3 is 1.02 bits per heavy atom. The lowest BCUT2D eigenvalue weighted by Crippen LogP contribution is -2.29. The average Bonchev–Trinajstić information content (AvgIpc) is 3.49. The average molecular weight is 633 g/mol. The molecule has 0 aromatic heterocycles. The smallest absolute Gasteiger partial charge is 0.485 e. The van der Waals surface area contributed by atoms with E-state index >= 15 is 0 Å². The van der Waals surface area contributed by atoms with E-state index in [1.807, 2.05) is 0 Å². The third kappa shape index (κ3) is 6.51. The molecule has 0 bridgehead atoms. The van der Waals surface area contributed by atoms with Crippen molar-refractivity contribution in [1.82, 2.24) is 0 Å². The van der Waals surface area contributed by atoms with Gasteiger partial charge in [-0.1, -0.05) is 152 Å². The first kappa shape index (κ1) is 31.6. The van der Waals surface area contributed by atoms with Crippen LogP contribution in [0.5, 0.6) is 0 Å². The van der Waals surface area contributed by atoms with Gasteiger partial charge in [0, 0.05) is 24.6 Å². The highest BCUT2D eigenvalue weighted by molar-refractivity contribution is 7.86. The summed E-state index contributed by atoms with van der Waals surface area (Å²) in [4.78, 5) is 0. The molecule has 1 saturated heterocycles. The summed E-state index contributed by atoms with van der Waals surface area (Å²) in [6.45, 7) is 0. The van der Waals surface area contributed by atoms with Crippen LogP contribution in [0.2, 0.25) is 0 Å². The van der Waals surface area contributed by atoms with Gasteiger partial charge < -0.3 is 4.55 Å². The largest absolute Gasteiger partial charge is 0.741 e. The minimum absolute atomic E-state index is 0.189. The summed E-state index contributed by atoms with van der Waals surface area (Å²) in [6.07, 6.45) is 2.46. The molecule has 44 heavy (non-hydrogen) atoms. The summed E-state index contributed by atoms with van der Waals surface area (Å²) < 4.78 is 58.9. The molecule has 2 atom stereocenters. The zero-order valence-electron chi connectivity index (χ0n) is 23.8. The number of hydrogen-bond donors (Lipinski definition) is 0. The Morgan fingerprint density at radius 2 is 0.773 bits per heavy atom. The van der Waals surface area contributed by atoms with Crippen molar-refractivity contribution in [3.63, 3.8) is 0 Å². The first-order chi connectivity index (χ1) is 21.1. The SMILES string of the molecule is O=S(=O)([O-])C(F)(F)F.c1ccc([C@@H]2CC[C@@H](c3ccccc3)[PH+]2C(c2ccccc2)(c2ccccc2)c2ccccc2)cc1. The molecule has 226 valence electrons. The maximum atomic E-state index is 10.7. The quantitative estimate of drug-likeness (QED) is 0.0811. The molecule has 0 aliphatic carbocycles. The van der Waals surface area contributed by atoms with Gasteiger partial charge >= 0.3 is 5.51 Å². The highest BCUT2D eigenvalue weighted by Gasteiger charge is 2.59. The van der Waals surface area contributed by atoms with Crippen LogP contribution in [0.4, 0.5) is 13.2 Å². The van der Waals surface area contributed by atoms with Gasteiger partial charge in [-0.3, -0.25) is 0 Å². The van der Waals surface area contributed by atoms with Gasteiger partial charge in [0.1, 0.15) is 0 Å². The lowest BCUT2D eigenvalue weighted by atomic mass is 9.84.